The minimum atomic E-state index is -3.47. The van der Waals surface area contributed by atoms with Gasteiger partial charge in [-0.2, -0.15) is 0 Å². The van der Waals surface area contributed by atoms with Crippen LogP contribution < -0.4 is 10.0 Å². The van der Waals surface area contributed by atoms with E-state index >= 15 is 0 Å². The van der Waals surface area contributed by atoms with Crippen LogP contribution in [0, 0.1) is 12.8 Å². The van der Waals surface area contributed by atoms with E-state index in [0.29, 0.717) is 37.1 Å². The van der Waals surface area contributed by atoms with E-state index < -0.39 is 10.0 Å². The Morgan fingerprint density at radius 2 is 2.10 bits per heavy atom. The van der Waals surface area contributed by atoms with Crippen LogP contribution in [0.1, 0.15) is 31.2 Å². The molecular weight excluding hydrogens is 308 g/mol. The van der Waals surface area contributed by atoms with Crippen molar-refractivity contribution < 1.29 is 13.2 Å². The molecule has 2 N–H and O–H groups in total. The Kier molecular flexibility index (Phi) is 7.83. The van der Waals surface area contributed by atoms with Crippen LogP contribution in [0.2, 0.25) is 0 Å². The van der Waals surface area contributed by atoms with E-state index in [1.807, 2.05) is 19.2 Å². The molecule has 0 bridgehead atoms. The first kappa shape index (κ1) is 18.6. The molecule has 7 heteroatoms. The molecule has 0 spiro atoms. The molecule has 21 heavy (non-hydrogen) atoms. The molecule has 0 aliphatic rings. The van der Waals surface area contributed by atoms with Gasteiger partial charge in [0.2, 0.25) is 10.0 Å². The van der Waals surface area contributed by atoms with Gasteiger partial charge in [0, 0.05) is 24.6 Å². The maximum absolute atomic E-state index is 12.4. The Morgan fingerprint density at radius 1 is 1.38 bits per heavy atom. The monoisotopic (exact) mass is 334 g/mol. The zero-order chi connectivity index (χ0) is 15.9. The zero-order valence-corrected chi connectivity index (χ0v) is 14.9. The third-order valence-corrected chi connectivity index (χ3v) is 5.71. The summed E-state index contributed by atoms with van der Waals surface area (Å²) in [6, 6.07) is 0. The molecule has 0 aliphatic heterocycles. The van der Waals surface area contributed by atoms with Crippen LogP contribution >= 0.6 is 11.3 Å². The summed E-state index contributed by atoms with van der Waals surface area (Å²) in [5.74, 6) is 0.451. The first-order valence-corrected chi connectivity index (χ1v) is 9.59. The lowest BCUT2D eigenvalue weighted by Crippen LogP contribution is -2.29. The predicted octanol–water partition coefficient (Wildman–Crippen LogP) is 2.12. The van der Waals surface area contributed by atoms with Crippen molar-refractivity contribution in [3.63, 3.8) is 0 Å². The van der Waals surface area contributed by atoms with Crippen LogP contribution in [0.4, 0.5) is 0 Å². The quantitative estimate of drug-likeness (QED) is 0.643. The first-order chi connectivity index (χ1) is 9.88. The Hall–Kier alpha value is -0.470. The van der Waals surface area contributed by atoms with Crippen LogP contribution in [0.25, 0.3) is 0 Å². The van der Waals surface area contributed by atoms with Crippen molar-refractivity contribution in [2.75, 3.05) is 26.3 Å². The minimum absolute atomic E-state index is 0.297. The van der Waals surface area contributed by atoms with E-state index in [2.05, 4.69) is 23.9 Å². The minimum Gasteiger partial charge on any atom is -0.380 e. The molecule has 0 aliphatic carbocycles. The molecule has 0 unspecified atom stereocenters. The van der Waals surface area contributed by atoms with Crippen LogP contribution in [0.5, 0.6) is 0 Å². The van der Waals surface area contributed by atoms with Gasteiger partial charge in [0.15, 0.2) is 0 Å². The summed E-state index contributed by atoms with van der Waals surface area (Å²) in [6.07, 6.45) is 0. The van der Waals surface area contributed by atoms with Gasteiger partial charge in [-0.1, -0.05) is 20.8 Å². The SMILES string of the molecule is CCNCc1scc(C)c1S(=O)(=O)NCCOCC(C)C. The topological polar surface area (TPSA) is 67.4 Å². The number of nitrogens with one attached hydrogen (secondary N) is 2. The summed E-state index contributed by atoms with van der Waals surface area (Å²) in [5.41, 5.74) is 0.795. The molecule has 0 saturated carbocycles. The molecule has 0 amide bonds. The van der Waals surface area contributed by atoms with Gasteiger partial charge in [0.25, 0.3) is 0 Å². The largest absolute Gasteiger partial charge is 0.380 e. The van der Waals surface area contributed by atoms with Gasteiger partial charge in [0.1, 0.15) is 4.90 Å². The molecule has 1 aromatic heterocycles. The summed E-state index contributed by atoms with van der Waals surface area (Å²) in [5, 5.41) is 5.06. The van der Waals surface area contributed by atoms with E-state index in [0.717, 1.165) is 17.0 Å². The normalized spacial score (nSPS) is 12.2. The third-order valence-electron chi connectivity index (χ3n) is 2.78. The molecule has 0 radical (unpaired) electrons. The van der Waals surface area contributed by atoms with E-state index in [1.54, 1.807) is 0 Å². The maximum atomic E-state index is 12.4. The second-order valence-electron chi connectivity index (χ2n) is 5.32. The van der Waals surface area contributed by atoms with Crippen LogP contribution in [0.15, 0.2) is 10.3 Å². The van der Waals surface area contributed by atoms with Crippen molar-refractivity contribution in [1.82, 2.24) is 10.0 Å². The average molecular weight is 335 g/mol. The smallest absolute Gasteiger partial charge is 0.242 e. The maximum Gasteiger partial charge on any atom is 0.242 e. The Labute approximate surface area is 132 Å². The summed E-state index contributed by atoms with van der Waals surface area (Å²) in [7, 11) is -3.47. The number of thiophene rings is 1. The highest BCUT2D eigenvalue weighted by Gasteiger charge is 2.22. The lowest BCUT2D eigenvalue weighted by Gasteiger charge is -2.10. The van der Waals surface area contributed by atoms with Crippen molar-refractivity contribution in [1.29, 1.82) is 0 Å². The average Bonchev–Trinajstić information content (AvgIpc) is 2.77. The predicted molar refractivity (Wildman–Crippen MR) is 87.3 cm³/mol. The fourth-order valence-electron chi connectivity index (χ4n) is 1.85. The van der Waals surface area contributed by atoms with Crippen LogP contribution in [-0.2, 0) is 21.3 Å². The van der Waals surface area contributed by atoms with Crippen molar-refractivity contribution >= 4 is 21.4 Å². The highest BCUT2D eigenvalue weighted by molar-refractivity contribution is 7.89. The van der Waals surface area contributed by atoms with Gasteiger partial charge in [-0.05, 0) is 30.3 Å². The summed E-state index contributed by atoms with van der Waals surface area (Å²) >= 11 is 1.48. The molecule has 1 heterocycles. The molecular formula is C14H26N2O3S2. The highest BCUT2D eigenvalue weighted by atomic mass is 32.2. The second kappa shape index (κ2) is 8.85. The van der Waals surface area contributed by atoms with Gasteiger partial charge in [0.05, 0.1) is 6.61 Å². The van der Waals surface area contributed by atoms with Crippen LogP contribution in [0.3, 0.4) is 0 Å². The summed E-state index contributed by atoms with van der Waals surface area (Å²) in [6.45, 7) is 10.7. The zero-order valence-electron chi connectivity index (χ0n) is 13.2. The molecule has 5 nitrogen and oxygen atoms in total. The molecule has 1 rings (SSSR count). The van der Waals surface area contributed by atoms with Crippen molar-refractivity contribution in [3.05, 3.63) is 15.8 Å². The Balaban J connectivity index is 2.63. The summed E-state index contributed by atoms with van der Waals surface area (Å²) in [4.78, 5) is 1.27. The standard InChI is InChI=1S/C14H26N2O3S2/c1-5-15-8-13-14(12(4)10-20-13)21(17,18)16-6-7-19-9-11(2)3/h10-11,15-16H,5-9H2,1-4H3. The number of hydrogen-bond acceptors (Lipinski definition) is 5. The number of aryl methyl sites for hydroxylation is 1. The van der Waals surface area contributed by atoms with Crippen molar-refractivity contribution in [3.8, 4) is 0 Å². The first-order valence-electron chi connectivity index (χ1n) is 7.23. The van der Waals surface area contributed by atoms with Gasteiger partial charge in [-0.3, -0.25) is 0 Å². The lowest BCUT2D eigenvalue weighted by atomic mass is 10.2. The Morgan fingerprint density at radius 3 is 2.71 bits per heavy atom. The third kappa shape index (κ3) is 6.04. The van der Waals surface area contributed by atoms with Crippen molar-refractivity contribution in [2.24, 2.45) is 5.92 Å². The van der Waals surface area contributed by atoms with Gasteiger partial charge in [-0.15, -0.1) is 11.3 Å². The number of ether oxygens (including phenoxy) is 1. The molecule has 0 saturated heterocycles. The van der Waals surface area contributed by atoms with Gasteiger partial charge < -0.3 is 10.1 Å². The molecule has 1 aromatic rings. The molecule has 0 atom stereocenters. The van der Waals surface area contributed by atoms with E-state index in [9.17, 15) is 8.42 Å². The van der Waals surface area contributed by atoms with E-state index in [1.165, 1.54) is 11.3 Å². The molecule has 0 fully saturated rings. The highest BCUT2D eigenvalue weighted by Crippen LogP contribution is 2.26. The second-order valence-corrected chi connectivity index (χ2v) is 7.99. The van der Waals surface area contributed by atoms with Crippen molar-refractivity contribution in [2.45, 2.75) is 39.1 Å². The number of hydrogen-bond donors (Lipinski definition) is 2. The number of sulfonamides is 1. The van der Waals surface area contributed by atoms with Gasteiger partial charge in [-0.25, -0.2) is 13.1 Å². The molecule has 0 aromatic carbocycles. The van der Waals surface area contributed by atoms with E-state index in [4.69, 9.17) is 4.74 Å². The Bertz CT molecular complexity index is 524. The van der Waals surface area contributed by atoms with E-state index in [-0.39, 0.29) is 0 Å². The molecule has 122 valence electrons. The van der Waals surface area contributed by atoms with Gasteiger partial charge >= 0.3 is 0 Å². The fourth-order valence-corrected chi connectivity index (χ4v) is 4.64. The number of rotatable bonds is 10. The van der Waals surface area contributed by atoms with Crippen LogP contribution in [-0.4, -0.2) is 34.7 Å². The summed E-state index contributed by atoms with van der Waals surface area (Å²) < 4.78 is 32.8. The fraction of sp³-hybridized carbons (Fsp3) is 0.714. The lowest BCUT2D eigenvalue weighted by molar-refractivity contribution is 0.114.